The average molecular weight is 338 g/mol. The minimum absolute atomic E-state index is 0.137. The number of hydrogen-bond donors (Lipinski definition) is 2. The first-order valence-corrected chi connectivity index (χ1v) is 9.60. The lowest BCUT2D eigenvalue weighted by atomic mass is 9.78. The Hall–Kier alpha value is -1.28. The quantitative estimate of drug-likeness (QED) is 0.896. The minimum atomic E-state index is -3.45. The van der Waals surface area contributed by atoms with E-state index in [2.05, 4.69) is 9.71 Å². The number of hydrogen-bond acceptors (Lipinski definition) is 5. The van der Waals surface area contributed by atoms with E-state index in [1.54, 1.807) is 35.3 Å². The summed E-state index contributed by atoms with van der Waals surface area (Å²) in [6.45, 7) is 0. The van der Waals surface area contributed by atoms with Gasteiger partial charge in [0.25, 0.3) is 0 Å². The Bertz CT molecular complexity index is 707. The van der Waals surface area contributed by atoms with Gasteiger partial charge in [0.1, 0.15) is 0 Å². The predicted molar refractivity (Wildman–Crippen MR) is 85.0 cm³/mol. The molecule has 22 heavy (non-hydrogen) atoms. The van der Waals surface area contributed by atoms with Gasteiger partial charge in [-0.3, -0.25) is 4.98 Å². The number of aliphatic hydroxyl groups is 1. The minimum Gasteiger partial charge on any atom is -0.385 e. The maximum Gasteiger partial charge on any atom is 0.241 e. The smallest absolute Gasteiger partial charge is 0.241 e. The molecule has 0 saturated heterocycles. The van der Waals surface area contributed by atoms with Crippen molar-refractivity contribution in [2.24, 2.45) is 0 Å². The Balaban J connectivity index is 1.65. The van der Waals surface area contributed by atoms with E-state index in [4.69, 9.17) is 0 Å². The van der Waals surface area contributed by atoms with Crippen molar-refractivity contribution in [2.75, 3.05) is 0 Å². The molecule has 1 saturated carbocycles. The summed E-state index contributed by atoms with van der Waals surface area (Å²) in [5.74, 6) is 0. The monoisotopic (exact) mass is 338 g/mol. The topological polar surface area (TPSA) is 79.3 Å². The van der Waals surface area contributed by atoms with Crippen LogP contribution in [0.5, 0.6) is 0 Å². The summed E-state index contributed by atoms with van der Waals surface area (Å²) in [6.07, 6.45) is 5.61. The van der Waals surface area contributed by atoms with Gasteiger partial charge in [0.2, 0.25) is 10.0 Å². The Labute approximate surface area is 134 Å². The van der Waals surface area contributed by atoms with Gasteiger partial charge in [-0.1, -0.05) is 6.07 Å². The number of thiophene rings is 1. The van der Waals surface area contributed by atoms with Gasteiger partial charge in [0.05, 0.1) is 10.5 Å². The van der Waals surface area contributed by atoms with Crippen molar-refractivity contribution in [1.29, 1.82) is 0 Å². The first-order valence-electron chi connectivity index (χ1n) is 7.17. The highest BCUT2D eigenvalue weighted by Gasteiger charge is 2.36. The second-order valence-electron chi connectivity index (χ2n) is 5.63. The van der Waals surface area contributed by atoms with Gasteiger partial charge >= 0.3 is 0 Å². The van der Waals surface area contributed by atoms with Gasteiger partial charge in [0.15, 0.2) is 0 Å². The fourth-order valence-corrected chi connectivity index (χ4v) is 5.17. The van der Waals surface area contributed by atoms with Crippen LogP contribution in [0.3, 0.4) is 0 Å². The highest BCUT2D eigenvalue weighted by molar-refractivity contribution is 7.89. The molecule has 7 heteroatoms. The number of sulfonamides is 1. The zero-order valence-corrected chi connectivity index (χ0v) is 13.6. The Kier molecular flexibility index (Phi) is 4.31. The van der Waals surface area contributed by atoms with Crippen molar-refractivity contribution >= 4 is 21.4 Å². The van der Waals surface area contributed by atoms with Crippen LogP contribution in [0.4, 0.5) is 0 Å². The number of aromatic nitrogens is 1. The lowest BCUT2D eigenvalue weighted by Gasteiger charge is -2.36. The maximum atomic E-state index is 12.2. The van der Waals surface area contributed by atoms with E-state index >= 15 is 0 Å². The lowest BCUT2D eigenvalue weighted by molar-refractivity contribution is -0.00666. The van der Waals surface area contributed by atoms with Crippen LogP contribution in [0.1, 0.15) is 31.2 Å². The lowest BCUT2D eigenvalue weighted by Crippen LogP contribution is -2.42. The summed E-state index contributed by atoms with van der Waals surface area (Å²) in [4.78, 5) is 4.36. The van der Waals surface area contributed by atoms with E-state index in [0.717, 1.165) is 5.56 Å². The van der Waals surface area contributed by atoms with Gasteiger partial charge in [-0.05, 0) is 43.2 Å². The Morgan fingerprint density at radius 3 is 2.68 bits per heavy atom. The summed E-state index contributed by atoms with van der Waals surface area (Å²) in [7, 11) is -3.45. The summed E-state index contributed by atoms with van der Waals surface area (Å²) in [5, 5.41) is 14.1. The van der Waals surface area contributed by atoms with E-state index in [0.29, 0.717) is 30.6 Å². The van der Waals surface area contributed by atoms with E-state index in [1.165, 1.54) is 11.3 Å². The first-order chi connectivity index (χ1) is 10.5. The van der Waals surface area contributed by atoms with E-state index in [9.17, 15) is 13.5 Å². The molecule has 1 aliphatic rings. The second kappa shape index (κ2) is 6.08. The fourth-order valence-electron chi connectivity index (χ4n) is 2.83. The van der Waals surface area contributed by atoms with Crippen molar-refractivity contribution in [1.82, 2.24) is 9.71 Å². The van der Waals surface area contributed by atoms with Crippen LogP contribution in [0.15, 0.2) is 46.2 Å². The van der Waals surface area contributed by atoms with Crippen LogP contribution in [0, 0.1) is 0 Å². The third kappa shape index (κ3) is 3.22. The van der Waals surface area contributed by atoms with Crippen molar-refractivity contribution in [2.45, 2.75) is 42.2 Å². The zero-order valence-electron chi connectivity index (χ0n) is 12.0. The van der Waals surface area contributed by atoms with E-state index in [-0.39, 0.29) is 6.04 Å². The van der Waals surface area contributed by atoms with Crippen LogP contribution >= 0.6 is 11.3 Å². The SMILES string of the molecule is O=S(=O)(NC1CCC(O)(c2cccnc2)CC1)c1ccsc1. The van der Waals surface area contributed by atoms with Crippen LogP contribution in [0.2, 0.25) is 0 Å². The summed E-state index contributed by atoms with van der Waals surface area (Å²) in [6, 6.07) is 5.13. The largest absolute Gasteiger partial charge is 0.385 e. The molecule has 2 aromatic heterocycles. The first kappa shape index (κ1) is 15.6. The summed E-state index contributed by atoms with van der Waals surface area (Å²) < 4.78 is 27.2. The van der Waals surface area contributed by atoms with E-state index < -0.39 is 15.6 Å². The van der Waals surface area contributed by atoms with Gasteiger partial charge < -0.3 is 5.11 Å². The Morgan fingerprint density at radius 2 is 2.09 bits per heavy atom. The molecule has 0 unspecified atom stereocenters. The molecule has 0 radical (unpaired) electrons. The van der Waals surface area contributed by atoms with Crippen molar-refractivity contribution in [3.05, 3.63) is 46.9 Å². The van der Waals surface area contributed by atoms with Gasteiger partial charge in [-0.2, -0.15) is 11.3 Å². The van der Waals surface area contributed by atoms with Crippen molar-refractivity contribution < 1.29 is 13.5 Å². The molecular weight excluding hydrogens is 320 g/mol. The number of nitrogens with zero attached hydrogens (tertiary/aromatic N) is 1. The highest BCUT2D eigenvalue weighted by Crippen LogP contribution is 2.37. The van der Waals surface area contributed by atoms with E-state index in [1.807, 2.05) is 6.07 Å². The molecule has 0 aromatic carbocycles. The molecule has 118 valence electrons. The maximum absolute atomic E-state index is 12.2. The van der Waals surface area contributed by atoms with Crippen molar-refractivity contribution in [3.63, 3.8) is 0 Å². The Morgan fingerprint density at radius 1 is 1.32 bits per heavy atom. The predicted octanol–water partition coefficient (Wildman–Crippen LogP) is 2.25. The molecule has 0 amide bonds. The molecule has 5 nitrogen and oxygen atoms in total. The highest BCUT2D eigenvalue weighted by atomic mass is 32.2. The second-order valence-corrected chi connectivity index (χ2v) is 8.12. The third-order valence-electron chi connectivity index (χ3n) is 4.14. The number of pyridine rings is 1. The van der Waals surface area contributed by atoms with Crippen molar-refractivity contribution in [3.8, 4) is 0 Å². The zero-order chi connectivity index (χ0) is 15.6. The molecule has 2 aromatic rings. The van der Waals surface area contributed by atoms with Gasteiger partial charge in [-0.25, -0.2) is 13.1 Å². The molecule has 1 aliphatic carbocycles. The summed E-state index contributed by atoms with van der Waals surface area (Å²) >= 11 is 1.36. The van der Waals surface area contributed by atoms with Crippen LogP contribution in [-0.2, 0) is 15.6 Å². The molecule has 0 aliphatic heterocycles. The molecular formula is C15H18N2O3S2. The van der Waals surface area contributed by atoms with Crippen LogP contribution < -0.4 is 4.72 Å². The molecule has 0 atom stereocenters. The summed E-state index contributed by atoms with van der Waals surface area (Å²) in [5.41, 5.74) is -0.104. The molecule has 2 N–H and O–H groups in total. The molecule has 0 bridgehead atoms. The van der Waals surface area contributed by atoms with Crippen LogP contribution in [0.25, 0.3) is 0 Å². The molecule has 2 heterocycles. The molecule has 0 spiro atoms. The van der Waals surface area contributed by atoms with Crippen LogP contribution in [-0.4, -0.2) is 24.6 Å². The normalized spacial score (nSPS) is 26.0. The standard InChI is InChI=1S/C15H18N2O3S2/c18-15(12-2-1-8-16-10-12)6-3-13(4-7-15)17-22(19,20)14-5-9-21-11-14/h1-2,5,8-11,13,17-18H,3-4,6-7H2. The third-order valence-corrected chi connectivity index (χ3v) is 6.49. The van der Waals surface area contributed by atoms with Gasteiger partial charge in [0, 0.05) is 29.4 Å². The molecule has 3 rings (SSSR count). The van der Waals surface area contributed by atoms with Gasteiger partial charge in [-0.15, -0.1) is 0 Å². The average Bonchev–Trinajstić information content (AvgIpc) is 3.06. The molecule has 1 fully saturated rings. The number of nitrogens with one attached hydrogen (secondary N) is 1. The fraction of sp³-hybridized carbons (Fsp3) is 0.400. The number of rotatable bonds is 4.